The van der Waals surface area contributed by atoms with Crippen LogP contribution in [0, 0.1) is 5.92 Å². The molecule has 0 aromatic rings. The van der Waals surface area contributed by atoms with E-state index >= 15 is 0 Å². The largest absolute Gasteiger partial charge is 0.467 e. The molecule has 0 radical (unpaired) electrons. The summed E-state index contributed by atoms with van der Waals surface area (Å²) in [4.78, 5) is 23.1. The van der Waals surface area contributed by atoms with Crippen LogP contribution in [0.3, 0.4) is 0 Å². The lowest BCUT2D eigenvalue weighted by molar-refractivity contribution is -0.188. The lowest BCUT2D eigenvalue weighted by atomic mass is 9.96. The molecule has 0 aromatic heterocycles. The van der Waals surface area contributed by atoms with Crippen LogP contribution in [0.5, 0.6) is 0 Å². The number of amides is 1. The van der Waals surface area contributed by atoms with Gasteiger partial charge in [-0.2, -0.15) is 13.2 Å². The number of ether oxygens (including phenoxy) is 1. The van der Waals surface area contributed by atoms with Gasteiger partial charge in [-0.25, -0.2) is 4.79 Å². The SMILES string of the molecule is CCC(C)C(NC(=O)C(C)(N)C(F)(F)F)C(=O)OC. The van der Waals surface area contributed by atoms with Gasteiger partial charge in [-0.1, -0.05) is 20.3 Å². The van der Waals surface area contributed by atoms with E-state index in [0.717, 1.165) is 7.11 Å². The molecule has 0 aliphatic heterocycles. The van der Waals surface area contributed by atoms with Crippen molar-refractivity contribution in [3.63, 3.8) is 0 Å². The van der Waals surface area contributed by atoms with Crippen molar-refractivity contribution >= 4 is 11.9 Å². The lowest BCUT2D eigenvalue weighted by Gasteiger charge is -2.29. The molecule has 0 fully saturated rings. The molecule has 0 rings (SSSR count). The maximum Gasteiger partial charge on any atom is 0.415 e. The summed E-state index contributed by atoms with van der Waals surface area (Å²) in [5.41, 5.74) is 1.92. The maximum atomic E-state index is 12.6. The van der Waals surface area contributed by atoms with Crippen LogP contribution in [0.4, 0.5) is 13.2 Å². The predicted molar refractivity (Wildman–Crippen MR) is 62.0 cm³/mol. The van der Waals surface area contributed by atoms with E-state index in [1.165, 1.54) is 0 Å². The van der Waals surface area contributed by atoms with Gasteiger partial charge in [-0.05, 0) is 12.8 Å². The van der Waals surface area contributed by atoms with E-state index in [9.17, 15) is 22.8 Å². The molecule has 0 saturated carbocycles. The summed E-state index contributed by atoms with van der Waals surface area (Å²) >= 11 is 0. The molecule has 0 aliphatic carbocycles. The minimum absolute atomic E-state index is 0.375. The highest BCUT2D eigenvalue weighted by Gasteiger charge is 2.54. The van der Waals surface area contributed by atoms with Crippen molar-refractivity contribution in [1.29, 1.82) is 0 Å². The van der Waals surface area contributed by atoms with Crippen LogP contribution < -0.4 is 11.1 Å². The van der Waals surface area contributed by atoms with Crippen LogP contribution in [0.25, 0.3) is 0 Å². The second-order valence-electron chi connectivity index (χ2n) is 4.56. The van der Waals surface area contributed by atoms with Crippen molar-refractivity contribution in [2.45, 2.75) is 44.9 Å². The van der Waals surface area contributed by atoms with Crippen molar-refractivity contribution in [3.8, 4) is 0 Å². The number of methoxy groups -OCH3 is 1. The van der Waals surface area contributed by atoms with Crippen molar-refractivity contribution in [2.24, 2.45) is 11.7 Å². The quantitative estimate of drug-likeness (QED) is 0.737. The average Bonchev–Trinajstić information content (AvgIpc) is 2.32. The van der Waals surface area contributed by atoms with Gasteiger partial charge in [0.05, 0.1) is 7.11 Å². The minimum Gasteiger partial charge on any atom is -0.467 e. The number of halogens is 3. The van der Waals surface area contributed by atoms with Gasteiger partial charge < -0.3 is 15.8 Å². The number of hydrogen-bond acceptors (Lipinski definition) is 4. The molecule has 0 bridgehead atoms. The monoisotopic (exact) mass is 284 g/mol. The molecule has 3 unspecified atom stereocenters. The number of carbonyl (C=O) groups is 2. The van der Waals surface area contributed by atoms with E-state index in [0.29, 0.717) is 13.3 Å². The fraction of sp³-hybridized carbons (Fsp3) is 0.818. The van der Waals surface area contributed by atoms with Crippen molar-refractivity contribution < 1.29 is 27.5 Å². The number of alkyl halides is 3. The Morgan fingerprint density at radius 2 is 1.84 bits per heavy atom. The van der Waals surface area contributed by atoms with Gasteiger partial charge in [0.2, 0.25) is 5.91 Å². The van der Waals surface area contributed by atoms with E-state index in [1.54, 1.807) is 13.8 Å². The Labute approximate surface area is 109 Å². The molecule has 1 amide bonds. The third kappa shape index (κ3) is 4.09. The number of esters is 1. The third-order valence-electron chi connectivity index (χ3n) is 3.02. The number of carbonyl (C=O) groups excluding carboxylic acids is 2. The maximum absolute atomic E-state index is 12.6. The van der Waals surface area contributed by atoms with Crippen molar-refractivity contribution in [3.05, 3.63) is 0 Å². The zero-order chi connectivity index (χ0) is 15.4. The summed E-state index contributed by atoms with van der Waals surface area (Å²) in [5, 5.41) is 2.01. The summed E-state index contributed by atoms with van der Waals surface area (Å²) in [5.74, 6) is -2.64. The standard InChI is InChI=1S/C11H19F3N2O3/c1-5-6(2)7(8(17)19-4)16-9(18)10(3,15)11(12,13)14/h6-7H,5,15H2,1-4H3,(H,16,18). The van der Waals surface area contributed by atoms with Gasteiger partial charge in [0, 0.05) is 0 Å². The highest BCUT2D eigenvalue weighted by molar-refractivity contribution is 5.90. The highest BCUT2D eigenvalue weighted by atomic mass is 19.4. The summed E-state index contributed by atoms with van der Waals surface area (Å²) in [6.07, 6.45) is -4.43. The lowest BCUT2D eigenvalue weighted by Crippen LogP contribution is -2.64. The van der Waals surface area contributed by atoms with E-state index in [4.69, 9.17) is 5.73 Å². The van der Waals surface area contributed by atoms with Gasteiger partial charge in [-0.3, -0.25) is 4.79 Å². The van der Waals surface area contributed by atoms with E-state index in [-0.39, 0.29) is 5.92 Å². The van der Waals surface area contributed by atoms with Gasteiger partial charge in [0.25, 0.3) is 0 Å². The highest BCUT2D eigenvalue weighted by Crippen LogP contribution is 2.28. The van der Waals surface area contributed by atoms with E-state index in [2.05, 4.69) is 4.74 Å². The second kappa shape index (κ2) is 6.23. The van der Waals surface area contributed by atoms with Gasteiger partial charge in [0.1, 0.15) is 6.04 Å². The zero-order valence-electron chi connectivity index (χ0n) is 11.3. The Balaban J connectivity index is 5.07. The number of rotatable bonds is 5. The first kappa shape index (κ1) is 17.7. The Kier molecular flexibility index (Phi) is 5.80. The average molecular weight is 284 g/mol. The Morgan fingerprint density at radius 3 is 2.16 bits per heavy atom. The van der Waals surface area contributed by atoms with Crippen LogP contribution in [0.1, 0.15) is 27.2 Å². The topological polar surface area (TPSA) is 81.4 Å². The fourth-order valence-corrected chi connectivity index (χ4v) is 1.22. The number of nitrogens with two attached hydrogens (primary N) is 1. The van der Waals surface area contributed by atoms with Crippen LogP contribution in [0.2, 0.25) is 0 Å². The third-order valence-corrected chi connectivity index (χ3v) is 3.02. The van der Waals surface area contributed by atoms with Crippen LogP contribution in [-0.2, 0) is 14.3 Å². The summed E-state index contributed by atoms with van der Waals surface area (Å²) < 4.78 is 42.3. The normalized spacial score (nSPS) is 18.1. The first-order valence-corrected chi connectivity index (χ1v) is 5.73. The Hall–Kier alpha value is -1.31. The molecule has 0 saturated heterocycles. The Morgan fingerprint density at radius 1 is 1.37 bits per heavy atom. The van der Waals surface area contributed by atoms with Crippen LogP contribution >= 0.6 is 0 Å². The van der Waals surface area contributed by atoms with Crippen molar-refractivity contribution in [1.82, 2.24) is 5.32 Å². The molecule has 0 heterocycles. The molecule has 0 spiro atoms. The molecule has 3 atom stereocenters. The molecule has 0 aromatic carbocycles. The Bertz CT molecular complexity index is 343. The molecule has 5 nitrogen and oxygen atoms in total. The molecule has 0 aliphatic rings. The van der Waals surface area contributed by atoms with Gasteiger partial charge in [0.15, 0.2) is 5.54 Å². The van der Waals surface area contributed by atoms with Gasteiger partial charge >= 0.3 is 12.1 Å². The van der Waals surface area contributed by atoms with E-state index < -0.39 is 29.6 Å². The summed E-state index contributed by atoms with van der Waals surface area (Å²) in [6, 6.07) is -1.16. The molecular weight excluding hydrogens is 265 g/mol. The fourth-order valence-electron chi connectivity index (χ4n) is 1.22. The summed E-state index contributed by atoms with van der Waals surface area (Å²) in [6.45, 7) is 3.90. The summed E-state index contributed by atoms with van der Waals surface area (Å²) in [7, 11) is 1.09. The molecule has 112 valence electrons. The van der Waals surface area contributed by atoms with E-state index in [1.807, 2.05) is 5.32 Å². The minimum atomic E-state index is -4.91. The smallest absolute Gasteiger partial charge is 0.415 e. The first-order valence-electron chi connectivity index (χ1n) is 5.73. The first-order chi connectivity index (χ1) is 8.48. The van der Waals surface area contributed by atoms with Crippen molar-refractivity contribution in [2.75, 3.05) is 7.11 Å². The molecular formula is C11H19F3N2O3. The van der Waals surface area contributed by atoms with Crippen LogP contribution in [-0.4, -0.2) is 36.7 Å². The van der Waals surface area contributed by atoms with Gasteiger partial charge in [-0.15, -0.1) is 0 Å². The zero-order valence-corrected chi connectivity index (χ0v) is 11.3. The molecule has 3 N–H and O–H groups in total. The predicted octanol–water partition coefficient (Wildman–Crippen LogP) is 0.970. The number of nitrogens with one attached hydrogen (secondary N) is 1. The van der Waals surface area contributed by atoms with Crippen LogP contribution in [0.15, 0.2) is 0 Å². The molecule has 19 heavy (non-hydrogen) atoms. The molecule has 8 heteroatoms. The second-order valence-corrected chi connectivity index (χ2v) is 4.56. The number of hydrogen-bond donors (Lipinski definition) is 2.